The lowest BCUT2D eigenvalue weighted by molar-refractivity contribution is -0.133. The van der Waals surface area contributed by atoms with Gasteiger partial charge in [-0.15, -0.1) is 11.3 Å². The first-order chi connectivity index (χ1) is 12.9. The first-order valence-electron chi connectivity index (χ1n) is 8.97. The summed E-state index contributed by atoms with van der Waals surface area (Å²) in [4.78, 5) is 15.4. The molecule has 142 valence electrons. The van der Waals surface area contributed by atoms with Gasteiger partial charge in [0.1, 0.15) is 6.04 Å². The van der Waals surface area contributed by atoms with E-state index in [1.54, 1.807) is 11.3 Å². The minimum atomic E-state index is -2.97. The van der Waals surface area contributed by atoms with Crippen LogP contribution in [0.5, 0.6) is 0 Å². The number of nitrogens with one attached hydrogen (secondary N) is 1. The number of nitrogens with zero attached hydrogens (tertiary/aromatic N) is 3. The van der Waals surface area contributed by atoms with Gasteiger partial charge in [0.25, 0.3) is 5.92 Å². The number of likely N-dealkylation sites (tertiary alicyclic amines) is 2. The van der Waals surface area contributed by atoms with Gasteiger partial charge in [-0.1, -0.05) is 6.07 Å². The number of fused-ring (bicyclic) bond motifs is 1. The number of carbonyl (C=O) groups excluding carboxylic acids is 1. The molecule has 0 bridgehead atoms. The fourth-order valence-corrected chi connectivity index (χ4v) is 4.72. The molecule has 2 fully saturated rings. The van der Waals surface area contributed by atoms with E-state index >= 15 is 0 Å². The molecule has 0 saturated carbocycles. The van der Waals surface area contributed by atoms with Crippen LogP contribution in [0.3, 0.4) is 0 Å². The van der Waals surface area contributed by atoms with Crippen LogP contribution in [0.2, 0.25) is 0 Å². The summed E-state index contributed by atoms with van der Waals surface area (Å²) in [7, 11) is 0. The minimum absolute atomic E-state index is 0.0785. The number of rotatable bonds is 4. The number of nitriles is 1. The second-order valence-corrected chi connectivity index (χ2v) is 8.18. The predicted molar refractivity (Wildman–Crippen MR) is 101 cm³/mol. The minimum Gasteiger partial charge on any atom is -0.380 e. The second-order valence-electron chi connectivity index (χ2n) is 7.23. The summed E-state index contributed by atoms with van der Waals surface area (Å²) >= 11 is 1.70. The van der Waals surface area contributed by atoms with Crippen molar-refractivity contribution in [1.82, 2.24) is 9.80 Å². The molecule has 5 nitrogen and oxygen atoms in total. The first-order valence-corrected chi connectivity index (χ1v) is 9.85. The van der Waals surface area contributed by atoms with E-state index in [0.717, 1.165) is 23.6 Å². The molecule has 8 heteroatoms. The van der Waals surface area contributed by atoms with E-state index in [1.165, 1.54) is 10.1 Å². The number of halogens is 2. The lowest BCUT2D eigenvalue weighted by Crippen LogP contribution is -2.43. The van der Waals surface area contributed by atoms with Gasteiger partial charge in [0.05, 0.1) is 19.2 Å². The molecular weight excluding hydrogens is 370 g/mol. The summed E-state index contributed by atoms with van der Waals surface area (Å²) in [5, 5.41) is 15.8. The quantitative estimate of drug-likeness (QED) is 0.871. The average Bonchev–Trinajstić information content (AvgIpc) is 3.33. The van der Waals surface area contributed by atoms with Crippen LogP contribution in [0.1, 0.15) is 12.8 Å². The molecule has 1 unspecified atom stereocenters. The lowest BCUT2D eigenvalue weighted by Gasteiger charge is -2.23. The SMILES string of the molecule is N#CC1CC(F)(F)CN1C(=O)CN1CC[C@H](Nc2cccc3sccc23)C1. The maximum atomic E-state index is 13.5. The highest BCUT2D eigenvalue weighted by Gasteiger charge is 2.47. The third-order valence-corrected chi connectivity index (χ3v) is 6.11. The molecule has 2 aliphatic heterocycles. The Morgan fingerprint density at radius 1 is 1.41 bits per heavy atom. The largest absolute Gasteiger partial charge is 0.380 e. The molecule has 0 aliphatic carbocycles. The van der Waals surface area contributed by atoms with E-state index in [2.05, 4.69) is 22.8 Å². The number of hydrogen-bond acceptors (Lipinski definition) is 5. The van der Waals surface area contributed by atoms with Gasteiger partial charge in [0, 0.05) is 41.3 Å². The second kappa shape index (κ2) is 7.06. The van der Waals surface area contributed by atoms with Crippen LogP contribution in [0, 0.1) is 11.3 Å². The van der Waals surface area contributed by atoms with Gasteiger partial charge in [-0.2, -0.15) is 5.26 Å². The van der Waals surface area contributed by atoms with Crippen molar-refractivity contribution >= 4 is 33.0 Å². The van der Waals surface area contributed by atoms with Crippen LogP contribution in [-0.4, -0.2) is 59.9 Å². The van der Waals surface area contributed by atoms with Crippen LogP contribution in [0.4, 0.5) is 14.5 Å². The Kier molecular flexibility index (Phi) is 4.74. The Labute approximate surface area is 160 Å². The van der Waals surface area contributed by atoms with Crippen molar-refractivity contribution in [3.8, 4) is 6.07 Å². The van der Waals surface area contributed by atoms with Gasteiger partial charge < -0.3 is 10.2 Å². The smallest absolute Gasteiger partial charge is 0.268 e. The van der Waals surface area contributed by atoms with E-state index in [-0.39, 0.29) is 18.5 Å². The first kappa shape index (κ1) is 18.1. The highest BCUT2D eigenvalue weighted by atomic mass is 32.1. The Bertz CT molecular complexity index is 893. The number of amides is 1. The van der Waals surface area contributed by atoms with Crippen molar-refractivity contribution in [3.05, 3.63) is 29.6 Å². The van der Waals surface area contributed by atoms with E-state index in [9.17, 15) is 13.6 Å². The molecule has 27 heavy (non-hydrogen) atoms. The highest BCUT2D eigenvalue weighted by Crippen LogP contribution is 2.32. The molecule has 1 aromatic carbocycles. The summed E-state index contributed by atoms with van der Waals surface area (Å²) in [6, 6.07) is 9.25. The number of alkyl halides is 2. The van der Waals surface area contributed by atoms with E-state index in [4.69, 9.17) is 5.26 Å². The maximum absolute atomic E-state index is 13.5. The summed E-state index contributed by atoms with van der Waals surface area (Å²) < 4.78 is 28.3. The Balaban J connectivity index is 1.35. The Hall–Kier alpha value is -2.24. The average molecular weight is 390 g/mol. The van der Waals surface area contributed by atoms with Crippen molar-refractivity contribution < 1.29 is 13.6 Å². The Morgan fingerprint density at radius 3 is 3.07 bits per heavy atom. The zero-order chi connectivity index (χ0) is 19.0. The molecule has 1 amide bonds. The zero-order valence-corrected chi connectivity index (χ0v) is 15.5. The third-order valence-electron chi connectivity index (χ3n) is 5.23. The molecule has 3 heterocycles. The van der Waals surface area contributed by atoms with Crippen LogP contribution in [-0.2, 0) is 4.79 Å². The number of anilines is 1. The molecule has 0 spiro atoms. The number of thiophene rings is 1. The van der Waals surface area contributed by atoms with E-state index in [1.807, 2.05) is 23.1 Å². The molecular formula is C19H20F2N4OS. The van der Waals surface area contributed by atoms with Crippen LogP contribution in [0.15, 0.2) is 29.6 Å². The van der Waals surface area contributed by atoms with Crippen molar-refractivity contribution in [2.24, 2.45) is 0 Å². The molecule has 2 atom stereocenters. The van der Waals surface area contributed by atoms with Crippen LogP contribution in [0.25, 0.3) is 10.1 Å². The van der Waals surface area contributed by atoms with Gasteiger partial charge >= 0.3 is 0 Å². The normalized spacial score (nSPS) is 25.0. The maximum Gasteiger partial charge on any atom is 0.268 e. The van der Waals surface area contributed by atoms with Gasteiger partial charge in [-0.25, -0.2) is 8.78 Å². The standard InChI is InChI=1S/C19H20F2N4OS/c20-19(21)8-14(9-22)25(12-19)18(26)11-24-6-4-13(10-24)23-16-2-1-3-17-15(16)5-7-27-17/h1-3,5,7,13-14,23H,4,6,8,10-12H2/t13-,14?/m0/s1. The lowest BCUT2D eigenvalue weighted by atomic mass is 10.2. The van der Waals surface area contributed by atoms with Gasteiger partial charge in [-0.05, 0) is 30.0 Å². The van der Waals surface area contributed by atoms with Crippen molar-refractivity contribution in [2.45, 2.75) is 30.8 Å². The number of carbonyl (C=O) groups is 1. The van der Waals surface area contributed by atoms with Crippen molar-refractivity contribution in [3.63, 3.8) is 0 Å². The molecule has 0 radical (unpaired) electrons. The number of benzene rings is 1. The molecule has 2 saturated heterocycles. The zero-order valence-electron chi connectivity index (χ0n) is 14.7. The molecule has 1 N–H and O–H groups in total. The fraction of sp³-hybridized carbons (Fsp3) is 0.474. The topological polar surface area (TPSA) is 59.4 Å². The van der Waals surface area contributed by atoms with E-state index in [0.29, 0.717) is 6.54 Å². The monoisotopic (exact) mass is 390 g/mol. The van der Waals surface area contributed by atoms with Gasteiger partial charge in [0.2, 0.25) is 5.91 Å². The summed E-state index contributed by atoms with van der Waals surface area (Å²) in [6.45, 7) is 0.826. The van der Waals surface area contributed by atoms with Crippen LogP contribution < -0.4 is 5.32 Å². The van der Waals surface area contributed by atoms with Gasteiger partial charge in [-0.3, -0.25) is 9.69 Å². The fourth-order valence-electron chi connectivity index (χ4n) is 3.91. The van der Waals surface area contributed by atoms with Crippen molar-refractivity contribution in [2.75, 3.05) is 31.5 Å². The van der Waals surface area contributed by atoms with Gasteiger partial charge in [0.15, 0.2) is 0 Å². The van der Waals surface area contributed by atoms with E-state index < -0.39 is 24.9 Å². The molecule has 1 aromatic heterocycles. The molecule has 2 aromatic rings. The third kappa shape index (κ3) is 3.75. The van der Waals surface area contributed by atoms with Crippen LogP contribution >= 0.6 is 11.3 Å². The predicted octanol–water partition coefficient (Wildman–Crippen LogP) is 3.15. The molecule has 2 aliphatic rings. The Morgan fingerprint density at radius 2 is 2.26 bits per heavy atom. The summed E-state index contributed by atoms with van der Waals surface area (Å²) in [5.74, 6) is -3.36. The summed E-state index contributed by atoms with van der Waals surface area (Å²) in [6.07, 6.45) is 0.315. The highest BCUT2D eigenvalue weighted by molar-refractivity contribution is 7.17. The van der Waals surface area contributed by atoms with Crippen molar-refractivity contribution in [1.29, 1.82) is 5.26 Å². The summed E-state index contributed by atoms with van der Waals surface area (Å²) in [5.41, 5.74) is 1.08. The number of hydrogen-bond donors (Lipinski definition) is 1. The molecule has 4 rings (SSSR count).